The van der Waals surface area contributed by atoms with Gasteiger partial charge in [-0.3, -0.25) is 4.79 Å². The molecule has 1 aliphatic carbocycles. The lowest BCUT2D eigenvalue weighted by molar-refractivity contribution is -0.132. The van der Waals surface area contributed by atoms with Gasteiger partial charge in [0.2, 0.25) is 0 Å². The van der Waals surface area contributed by atoms with Crippen LogP contribution in [0.25, 0.3) is 0 Å². The number of aromatic hydroxyl groups is 1. The predicted octanol–water partition coefficient (Wildman–Crippen LogP) is 4.63. The van der Waals surface area contributed by atoms with Crippen molar-refractivity contribution in [3.63, 3.8) is 0 Å². The van der Waals surface area contributed by atoms with Crippen molar-refractivity contribution in [3.05, 3.63) is 53.1 Å². The minimum absolute atomic E-state index is 0.115. The fraction of sp³-hybridized carbons (Fsp3) is 0.519. The number of hydrogen-bond donors (Lipinski definition) is 1. The minimum atomic E-state index is -0.335. The molecule has 0 radical (unpaired) electrons. The Morgan fingerprint density at radius 2 is 2.09 bits per heavy atom. The number of phenols is 1. The zero-order chi connectivity index (χ0) is 22.1. The second-order valence-electron chi connectivity index (χ2n) is 9.68. The Morgan fingerprint density at radius 1 is 1.25 bits per heavy atom. The lowest BCUT2D eigenvalue weighted by atomic mass is 9.67. The Hall–Kier alpha value is -2.53. The van der Waals surface area contributed by atoms with Crippen molar-refractivity contribution in [2.45, 2.75) is 57.3 Å². The van der Waals surface area contributed by atoms with Crippen LogP contribution in [0.3, 0.4) is 0 Å². The summed E-state index contributed by atoms with van der Waals surface area (Å²) in [6, 6.07) is 12.0. The summed E-state index contributed by atoms with van der Waals surface area (Å²) < 4.78 is 11.2. The number of hydrogen-bond acceptors (Lipinski definition) is 5. The molecule has 0 aromatic heterocycles. The molecule has 5 heteroatoms. The van der Waals surface area contributed by atoms with Gasteiger partial charge in [-0.05, 0) is 67.5 Å². The first-order chi connectivity index (χ1) is 15.5. The highest BCUT2D eigenvalue weighted by molar-refractivity contribution is 5.70. The number of fused-ring (bicyclic) bond motifs is 1. The van der Waals surface area contributed by atoms with Gasteiger partial charge in [-0.2, -0.15) is 0 Å². The van der Waals surface area contributed by atoms with Gasteiger partial charge in [0.25, 0.3) is 0 Å². The van der Waals surface area contributed by atoms with Gasteiger partial charge in [0, 0.05) is 37.4 Å². The lowest BCUT2D eigenvalue weighted by Crippen LogP contribution is -2.36. The zero-order valence-electron chi connectivity index (χ0n) is 18.9. The van der Waals surface area contributed by atoms with Gasteiger partial charge in [0.15, 0.2) is 0 Å². The number of ether oxygens (including phenoxy) is 2. The van der Waals surface area contributed by atoms with Crippen LogP contribution in [0.4, 0.5) is 0 Å². The number of likely N-dealkylation sites (tertiary alicyclic amines) is 1. The summed E-state index contributed by atoms with van der Waals surface area (Å²) in [6.45, 7) is 5.39. The number of carbonyl (C=O) groups excluding carboxylic acids is 1. The summed E-state index contributed by atoms with van der Waals surface area (Å²) >= 11 is 0. The first kappa shape index (κ1) is 21.3. The molecule has 3 aliphatic rings. The third-order valence-electron chi connectivity index (χ3n) is 7.78. The molecule has 1 saturated heterocycles. The fourth-order valence-electron chi connectivity index (χ4n) is 6.30. The first-order valence-corrected chi connectivity index (χ1v) is 12.0. The summed E-state index contributed by atoms with van der Waals surface area (Å²) in [6.07, 6.45) is 7.57. The fourth-order valence-corrected chi connectivity index (χ4v) is 6.30. The lowest BCUT2D eigenvalue weighted by Gasteiger charge is -2.37. The molecular formula is C27H33NO4. The molecule has 2 fully saturated rings. The van der Waals surface area contributed by atoms with Crippen molar-refractivity contribution in [1.29, 1.82) is 0 Å². The standard InChI is InChI=1S/C27H33NO4/c1-19(29)32-25-6-4-5-23(30)26(25)27(12-2-3-13-27)22-10-15-28(18-22)14-9-20-7-8-24-21(17-20)11-16-31-24/h4-8,17,22,30H,2-3,9-16,18H2,1H3. The molecule has 0 bridgehead atoms. The van der Waals surface area contributed by atoms with E-state index in [-0.39, 0.29) is 17.1 Å². The van der Waals surface area contributed by atoms with E-state index in [1.54, 1.807) is 12.1 Å². The van der Waals surface area contributed by atoms with E-state index >= 15 is 0 Å². The number of esters is 1. The average Bonchev–Trinajstić information content (AvgIpc) is 3.52. The van der Waals surface area contributed by atoms with Crippen molar-refractivity contribution in [2.75, 3.05) is 26.2 Å². The summed E-state index contributed by atoms with van der Waals surface area (Å²) in [5.74, 6) is 1.98. The number of rotatable bonds is 6. The highest BCUT2D eigenvalue weighted by Gasteiger charge is 2.48. The second-order valence-corrected chi connectivity index (χ2v) is 9.68. The van der Waals surface area contributed by atoms with Gasteiger partial charge >= 0.3 is 5.97 Å². The smallest absolute Gasteiger partial charge is 0.308 e. The maximum atomic E-state index is 11.7. The van der Waals surface area contributed by atoms with Crippen molar-refractivity contribution in [2.24, 2.45) is 5.92 Å². The third-order valence-corrected chi connectivity index (χ3v) is 7.78. The highest BCUT2D eigenvalue weighted by Crippen LogP contribution is 2.54. The predicted molar refractivity (Wildman–Crippen MR) is 123 cm³/mol. The molecule has 2 heterocycles. The van der Waals surface area contributed by atoms with E-state index in [1.165, 1.54) is 18.1 Å². The Bertz CT molecular complexity index is 995. The van der Waals surface area contributed by atoms with Crippen LogP contribution in [0.5, 0.6) is 17.2 Å². The van der Waals surface area contributed by atoms with Crippen molar-refractivity contribution in [1.82, 2.24) is 4.90 Å². The molecule has 1 saturated carbocycles. The molecule has 0 amide bonds. The maximum Gasteiger partial charge on any atom is 0.308 e. The molecule has 1 atom stereocenters. The molecule has 170 valence electrons. The number of carbonyl (C=O) groups is 1. The molecule has 1 N–H and O–H groups in total. The molecule has 5 nitrogen and oxygen atoms in total. The quantitative estimate of drug-likeness (QED) is 0.530. The highest BCUT2D eigenvalue weighted by atomic mass is 16.5. The van der Waals surface area contributed by atoms with Crippen molar-refractivity contribution in [3.8, 4) is 17.2 Å². The molecule has 5 rings (SSSR count). The van der Waals surface area contributed by atoms with Gasteiger partial charge in [-0.1, -0.05) is 31.0 Å². The zero-order valence-corrected chi connectivity index (χ0v) is 18.9. The van der Waals surface area contributed by atoms with Crippen LogP contribution < -0.4 is 9.47 Å². The van der Waals surface area contributed by atoms with Crippen molar-refractivity contribution >= 4 is 5.97 Å². The Balaban J connectivity index is 1.32. The SMILES string of the molecule is CC(=O)Oc1cccc(O)c1C1(C2CCN(CCc3ccc4c(c3)CCO4)C2)CCCC1. The van der Waals surface area contributed by atoms with E-state index in [2.05, 4.69) is 23.1 Å². The summed E-state index contributed by atoms with van der Waals surface area (Å²) in [5.41, 5.74) is 3.46. The maximum absolute atomic E-state index is 11.7. The topological polar surface area (TPSA) is 59.0 Å². The minimum Gasteiger partial charge on any atom is -0.508 e. The van der Waals surface area contributed by atoms with Crippen molar-refractivity contribution < 1.29 is 19.4 Å². The molecule has 32 heavy (non-hydrogen) atoms. The van der Waals surface area contributed by atoms with Gasteiger partial charge < -0.3 is 19.5 Å². The first-order valence-electron chi connectivity index (χ1n) is 12.0. The Kier molecular flexibility index (Phi) is 5.85. The average molecular weight is 436 g/mol. The second kappa shape index (κ2) is 8.78. The van der Waals surface area contributed by atoms with Crippen LogP contribution >= 0.6 is 0 Å². The number of benzene rings is 2. The van der Waals surface area contributed by atoms with Gasteiger partial charge in [-0.15, -0.1) is 0 Å². The van der Waals surface area contributed by atoms with E-state index in [9.17, 15) is 9.90 Å². The van der Waals surface area contributed by atoms with E-state index in [0.717, 1.165) is 82.5 Å². The molecule has 2 aliphatic heterocycles. The molecule has 2 aromatic carbocycles. The molecule has 0 spiro atoms. The molecule has 2 aromatic rings. The molecular weight excluding hydrogens is 402 g/mol. The number of nitrogens with zero attached hydrogens (tertiary/aromatic N) is 1. The van der Waals surface area contributed by atoms with Crippen LogP contribution in [0.15, 0.2) is 36.4 Å². The normalized spacial score (nSPS) is 22.0. The van der Waals surface area contributed by atoms with E-state index in [0.29, 0.717) is 11.7 Å². The van der Waals surface area contributed by atoms with E-state index in [4.69, 9.17) is 9.47 Å². The van der Waals surface area contributed by atoms with Crippen LogP contribution in [-0.4, -0.2) is 42.2 Å². The van der Waals surface area contributed by atoms with Gasteiger partial charge in [0.1, 0.15) is 17.2 Å². The van der Waals surface area contributed by atoms with Crippen LogP contribution in [-0.2, 0) is 23.1 Å². The Labute approximate surface area is 190 Å². The van der Waals surface area contributed by atoms with Crippen LogP contribution in [0.1, 0.15) is 55.7 Å². The summed E-state index contributed by atoms with van der Waals surface area (Å²) in [4.78, 5) is 14.3. The largest absolute Gasteiger partial charge is 0.508 e. The van der Waals surface area contributed by atoms with E-state index < -0.39 is 0 Å². The van der Waals surface area contributed by atoms with Crippen LogP contribution in [0, 0.1) is 5.92 Å². The van der Waals surface area contributed by atoms with E-state index in [1.807, 2.05) is 6.07 Å². The summed E-state index contributed by atoms with van der Waals surface area (Å²) in [5, 5.41) is 10.9. The molecule has 1 unspecified atom stereocenters. The monoisotopic (exact) mass is 435 g/mol. The van der Waals surface area contributed by atoms with Gasteiger partial charge in [0.05, 0.1) is 6.61 Å². The third kappa shape index (κ3) is 3.99. The van der Waals surface area contributed by atoms with Crippen LogP contribution in [0.2, 0.25) is 0 Å². The number of phenolic OH excluding ortho intramolecular Hbond substituents is 1. The van der Waals surface area contributed by atoms with Gasteiger partial charge in [-0.25, -0.2) is 0 Å². The Morgan fingerprint density at radius 3 is 2.91 bits per heavy atom. The summed E-state index contributed by atoms with van der Waals surface area (Å²) in [7, 11) is 0.